The molecule has 0 unspecified atom stereocenters. The summed E-state index contributed by atoms with van der Waals surface area (Å²) >= 11 is 0. The van der Waals surface area contributed by atoms with Gasteiger partial charge in [-0.1, -0.05) is 36.4 Å². The third-order valence-corrected chi connectivity index (χ3v) is 4.25. The molecule has 3 aromatic rings. The van der Waals surface area contributed by atoms with Crippen LogP contribution in [0.25, 0.3) is 11.1 Å². The molecule has 0 saturated heterocycles. The second-order valence-electron chi connectivity index (χ2n) is 6.23. The third kappa shape index (κ3) is 4.71. The second-order valence-corrected chi connectivity index (χ2v) is 6.23. The van der Waals surface area contributed by atoms with E-state index in [2.05, 4.69) is 0 Å². The predicted molar refractivity (Wildman–Crippen MR) is 98.7 cm³/mol. The number of ether oxygens (including phenoxy) is 1. The highest BCUT2D eigenvalue weighted by Gasteiger charge is 2.16. The summed E-state index contributed by atoms with van der Waals surface area (Å²) in [5.41, 5.74) is 2.18. The number of carboxylic acids is 1. The van der Waals surface area contributed by atoms with Crippen LogP contribution in [0.4, 0.5) is 13.2 Å². The van der Waals surface area contributed by atoms with Crippen molar-refractivity contribution < 1.29 is 27.8 Å². The van der Waals surface area contributed by atoms with Crippen LogP contribution in [0.3, 0.4) is 0 Å². The molecule has 0 heterocycles. The van der Waals surface area contributed by atoms with E-state index in [0.717, 1.165) is 23.3 Å². The average Bonchev–Trinajstić information content (AvgIpc) is 2.67. The van der Waals surface area contributed by atoms with Crippen molar-refractivity contribution in [2.24, 2.45) is 0 Å². The van der Waals surface area contributed by atoms with Gasteiger partial charge in [0, 0.05) is 5.56 Å². The van der Waals surface area contributed by atoms with Crippen LogP contribution in [-0.2, 0) is 17.6 Å². The van der Waals surface area contributed by atoms with E-state index in [1.165, 1.54) is 12.1 Å². The average molecular weight is 386 g/mol. The van der Waals surface area contributed by atoms with E-state index < -0.39 is 24.2 Å². The number of aryl methyl sites for hydroxylation is 1. The number of benzene rings is 3. The van der Waals surface area contributed by atoms with Crippen LogP contribution in [0.15, 0.2) is 60.7 Å². The molecule has 0 aliphatic carbocycles. The number of hydrogen-bond acceptors (Lipinski definition) is 2. The lowest BCUT2D eigenvalue weighted by Crippen LogP contribution is -2.11. The van der Waals surface area contributed by atoms with E-state index in [9.17, 15) is 18.0 Å². The Morgan fingerprint density at radius 3 is 2.32 bits per heavy atom. The van der Waals surface area contributed by atoms with Gasteiger partial charge in [-0.05, 0) is 53.8 Å². The normalized spacial score (nSPS) is 10.7. The van der Waals surface area contributed by atoms with Gasteiger partial charge in [-0.25, -0.2) is 18.0 Å². The zero-order valence-electron chi connectivity index (χ0n) is 14.8. The van der Waals surface area contributed by atoms with E-state index in [0.29, 0.717) is 12.0 Å². The topological polar surface area (TPSA) is 46.5 Å². The van der Waals surface area contributed by atoms with Crippen LogP contribution >= 0.6 is 0 Å². The summed E-state index contributed by atoms with van der Waals surface area (Å²) in [6, 6.07) is 15.6. The van der Waals surface area contributed by atoms with Crippen molar-refractivity contribution in [3.8, 4) is 16.9 Å². The molecule has 3 aromatic carbocycles. The molecular weight excluding hydrogens is 369 g/mol. The van der Waals surface area contributed by atoms with E-state index in [4.69, 9.17) is 9.84 Å². The molecule has 0 amide bonds. The van der Waals surface area contributed by atoms with Crippen molar-refractivity contribution in [1.82, 2.24) is 0 Å². The molecule has 0 aromatic heterocycles. The van der Waals surface area contributed by atoms with E-state index >= 15 is 0 Å². The maximum atomic E-state index is 14.5. The maximum absolute atomic E-state index is 14.5. The summed E-state index contributed by atoms with van der Waals surface area (Å²) in [5, 5.41) is 8.63. The smallest absolute Gasteiger partial charge is 0.341 e. The third-order valence-electron chi connectivity index (χ3n) is 4.25. The van der Waals surface area contributed by atoms with Gasteiger partial charge in [0.1, 0.15) is 11.6 Å². The highest BCUT2D eigenvalue weighted by Crippen LogP contribution is 2.26. The van der Waals surface area contributed by atoms with Crippen molar-refractivity contribution in [1.29, 1.82) is 0 Å². The molecule has 0 bridgehead atoms. The molecule has 1 N–H and O–H groups in total. The minimum absolute atomic E-state index is 0.0640. The van der Waals surface area contributed by atoms with Gasteiger partial charge < -0.3 is 9.84 Å². The molecule has 0 aliphatic rings. The molecule has 0 fully saturated rings. The van der Waals surface area contributed by atoms with Crippen LogP contribution in [-0.4, -0.2) is 17.7 Å². The highest BCUT2D eigenvalue weighted by molar-refractivity contribution is 5.68. The van der Waals surface area contributed by atoms with Gasteiger partial charge in [0.25, 0.3) is 0 Å². The Labute approximate surface area is 160 Å². The van der Waals surface area contributed by atoms with E-state index in [-0.39, 0.29) is 23.6 Å². The summed E-state index contributed by atoms with van der Waals surface area (Å²) in [4.78, 5) is 10.6. The zero-order valence-corrected chi connectivity index (χ0v) is 14.8. The van der Waals surface area contributed by atoms with Gasteiger partial charge >= 0.3 is 5.97 Å². The Balaban J connectivity index is 1.78. The number of carbonyl (C=O) groups is 1. The SMILES string of the molecule is O=C(O)COc1ccc(F)c(CCc2cccc(-c3cccc(F)c3)c2)c1F. The first-order valence-electron chi connectivity index (χ1n) is 8.60. The minimum atomic E-state index is -1.25. The standard InChI is InChI=1S/C22H17F3O3/c23-17-6-2-5-16(12-17)15-4-1-3-14(11-15)7-8-18-19(24)9-10-20(22(18)25)28-13-21(26)27/h1-6,9-12H,7-8,13H2,(H,26,27). The molecule has 0 radical (unpaired) electrons. The number of carboxylic acid groups (broad SMARTS) is 1. The molecule has 28 heavy (non-hydrogen) atoms. The van der Waals surface area contributed by atoms with Crippen molar-refractivity contribution in [3.63, 3.8) is 0 Å². The maximum Gasteiger partial charge on any atom is 0.341 e. The Morgan fingerprint density at radius 1 is 0.893 bits per heavy atom. The first-order valence-corrected chi connectivity index (χ1v) is 8.60. The summed E-state index contributed by atoms with van der Waals surface area (Å²) < 4.78 is 46.8. The zero-order chi connectivity index (χ0) is 20.1. The van der Waals surface area contributed by atoms with Gasteiger partial charge in [0.2, 0.25) is 0 Å². The molecular formula is C22H17F3O3. The lowest BCUT2D eigenvalue weighted by atomic mass is 9.98. The Morgan fingerprint density at radius 2 is 1.61 bits per heavy atom. The highest BCUT2D eigenvalue weighted by atomic mass is 19.1. The molecule has 0 atom stereocenters. The van der Waals surface area contributed by atoms with Gasteiger partial charge in [0.05, 0.1) is 0 Å². The van der Waals surface area contributed by atoms with Crippen LogP contribution in [0.5, 0.6) is 5.75 Å². The number of hydrogen-bond donors (Lipinski definition) is 1. The summed E-state index contributed by atoms with van der Waals surface area (Å²) in [7, 11) is 0. The predicted octanol–water partition coefficient (Wildman–Crippen LogP) is 5.02. The minimum Gasteiger partial charge on any atom is -0.479 e. The number of aliphatic carboxylic acids is 1. The first-order chi connectivity index (χ1) is 13.4. The first kappa shape index (κ1) is 19.5. The summed E-state index contributed by atoms with van der Waals surface area (Å²) in [5.74, 6) is -3.51. The monoisotopic (exact) mass is 386 g/mol. The lowest BCUT2D eigenvalue weighted by molar-refractivity contribution is -0.139. The molecule has 6 heteroatoms. The Hall–Kier alpha value is -3.28. The van der Waals surface area contributed by atoms with Crippen LogP contribution < -0.4 is 4.74 Å². The summed E-state index contributed by atoms with van der Waals surface area (Å²) in [6.45, 7) is -0.711. The number of halogens is 3. The Bertz CT molecular complexity index is 1000. The van der Waals surface area contributed by atoms with Gasteiger partial charge in [-0.15, -0.1) is 0 Å². The van der Waals surface area contributed by atoms with E-state index in [1.54, 1.807) is 18.2 Å². The molecule has 0 saturated carbocycles. The van der Waals surface area contributed by atoms with Gasteiger partial charge in [-0.3, -0.25) is 0 Å². The quantitative estimate of drug-likeness (QED) is 0.620. The fraction of sp³-hybridized carbons (Fsp3) is 0.136. The van der Waals surface area contributed by atoms with Gasteiger partial charge in [0.15, 0.2) is 18.2 Å². The molecule has 0 aliphatic heterocycles. The summed E-state index contributed by atoms with van der Waals surface area (Å²) in [6.07, 6.45) is 0.411. The van der Waals surface area contributed by atoms with Gasteiger partial charge in [-0.2, -0.15) is 0 Å². The molecule has 3 rings (SSSR count). The number of rotatable bonds is 7. The van der Waals surface area contributed by atoms with Crippen molar-refractivity contribution in [2.75, 3.05) is 6.61 Å². The second kappa shape index (κ2) is 8.61. The molecule has 3 nitrogen and oxygen atoms in total. The van der Waals surface area contributed by atoms with E-state index in [1.807, 2.05) is 18.2 Å². The fourth-order valence-corrected chi connectivity index (χ4v) is 2.90. The fourth-order valence-electron chi connectivity index (χ4n) is 2.90. The van der Waals surface area contributed by atoms with Crippen LogP contribution in [0.1, 0.15) is 11.1 Å². The van der Waals surface area contributed by atoms with Crippen LogP contribution in [0, 0.1) is 17.5 Å². The molecule has 0 spiro atoms. The molecule has 144 valence electrons. The van der Waals surface area contributed by atoms with Crippen LogP contribution in [0.2, 0.25) is 0 Å². The van der Waals surface area contributed by atoms with Crippen molar-refractivity contribution in [2.45, 2.75) is 12.8 Å². The lowest BCUT2D eigenvalue weighted by Gasteiger charge is -2.11. The largest absolute Gasteiger partial charge is 0.479 e. The van der Waals surface area contributed by atoms with Crippen molar-refractivity contribution in [3.05, 3.63) is 89.2 Å². The van der Waals surface area contributed by atoms with Crippen molar-refractivity contribution >= 4 is 5.97 Å². The Kier molecular flexibility index (Phi) is 5.99.